The van der Waals surface area contributed by atoms with Crippen molar-refractivity contribution < 1.29 is 0 Å². The molecule has 0 fully saturated rings. The second-order valence-electron chi connectivity index (χ2n) is 5.30. The first-order valence-electron chi connectivity index (χ1n) is 8.38. The first kappa shape index (κ1) is 29.3. The van der Waals surface area contributed by atoms with Gasteiger partial charge in [-0.1, -0.05) is 47.0 Å². The molecule has 0 heterocycles. The molecular formula is C14H30N8S7. The molecule has 15 heteroatoms. The lowest BCUT2D eigenvalue weighted by Crippen LogP contribution is -2.19. The van der Waals surface area contributed by atoms with Gasteiger partial charge in [0.2, 0.25) is 0 Å². The molecule has 0 rings (SSSR count). The van der Waals surface area contributed by atoms with E-state index in [1.165, 1.54) is 47.0 Å². The topological polar surface area (TPSA) is 199 Å². The number of amidine groups is 4. The van der Waals surface area contributed by atoms with Crippen LogP contribution in [0.5, 0.6) is 0 Å². The molecule has 0 radical (unpaired) electrons. The van der Waals surface area contributed by atoms with Crippen LogP contribution in [0.4, 0.5) is 0 Å². The lowest BCUT2D eigenvalue weighted by atomic mass is 10.5. The summed E-state index contributed by atoms with van der Waals surface area (Å²) in [4.78, 5) is 0. The van der Waals surface area contributed by atoms with Crippen LogP contribution in [0.1, 0.15) is 0 Å². The van der Waals surface area contributed by atoms with E-state index in [9.17, 15) is 0 Å². The standard InChI is InChI=1S/C14H30N8S7/c15-11(16)26-3-1-24-9(7-28-13(19)20)5-23-6-10(8-29-14(21)22)25-2-4-27-12(17)18/h9-10H,1-8H2,(H3,15,16)(H3,17,18)(H3,19,20)(H3,21,22). The molecule has 0 saturated heterocycles. The largest absolute Gasteiger partial charge is 0.379 e. The van der Waals surface area contributed by atoms with Crippen molar-refractivity contribution in [1.29, 1.82) is 21.6 Å². The molecule has 2 atom stereocenters. The minimum Gasteiger partial charge on any atom is -0.379 e. The fraction of sp³-hybridized carbons (Fsp3) is 0.714. The molecule has 8 nitrogen and oxygen atoms in total. The second-order valence-corrected chi connectivity index (χ2v) is 13.6. The Kier molecular flexibility index (Phi) is 19.3. The average Bonchev–Trinajstić information content (AvgIpc) is 2.62. The average molecular weight is 535 g/mol. The van der Waals surface area contributed by atoms with E-state index in [1.54, 1.807) is 0 Å². The van der Waals surface area contributed by atoms with E-state index in [1.807, 2.05) is 35.3 Å². The molecule has 29 heavy (non-hydrogen) atoms. The van der Waals surface area contributed by atoms with Gasteiger partial charge in [-0.2, -0.15) is 35.3 Å². The van der Waals surface area contributed by atoms with Crippen LogP contribution in [-0.4, -0.2) is 77.2 Å². The van der Waals surface area contributed by atoms with Crippen LogP contribution in [0.2, 0.25) is 0 Å². The molecule has 0 aromatic carbocycles. The highest BCUT2D eigenvalue weighted by atomic mass is 32.2. The summed E-state index contributed by atoms with van der Waals surface area (Å²) < 4.78 is 0. The summed E-state index contributed by atoms with van der Waals surface area (Å²) >= 11 is 10.9. The Morgan fingerprint density at radius 3 is 1.17 bits per heavy atom. The zero-order valence-electron chi connectivity index (χ0n) is 16.0. The van der Waals surface area contributed by atoms with Crippen molar-refractivity contribution in [3.63, 3.8) is 0 Å². The van der Waals surface area contributed by atoms with E-state index >= 15 is 0 Å². The van der Waals surface area contributed by atoms with Gasteiger partial charge < -0.3 is 22.9 Å². The third-order valence-electron chi connectivity index (χ3n) is 2.85. The van der Waals surface area contributed by atoms with Gasteiger partial charge in [-0.05, 0) is 0 Å². The molecule has 168 valence electrons. The van der Waals surface area contributed by atoms with Crippen molar-refractivity contribution in [3.05, 3.63) is 0 Å². The lowest BCUT2D eigenvalue weighted by Gasteiger charge is -2.19. The van der Waals surface area contributed by atoms with Gasteiger partial charge in [-0.25, -0.2) is 0 Å². The fourth-order valence-corrected chi connectivity index (χ4v) is 8.95. The van der Waals surface area contributed by atoms with Crippen molar-refractivity contribution in [2.45, 2.75) is 10.5 Å². The summed E-state index contributed by atoms with van der Waals surface area (Å²) in [6.07, 6.45) is 0. The smallest absolute Gasteiger partial charge is 0.151 e. The van der Waals surface area contributed by atoms with Crippen molar-refractivity contribution in [2.24, 2.45) is 22.9 Å². The van der Waals surface area contributed by atoms with Gasteiger partial charge in [0, 0.05) is 56.5 Å². The van der Waals surface area contributed by atoms with Crippen molar-refractivity contribution >= 4 is 103 Å². The van der Waals surface area contributed by atoms with E-state index in [-0.39, 0.29) is 20.7 Å². The number of hydrogen-bond donors (Lipinski definition) is 8. The van der Waals surface area contributed by atoms with Gasteiger partial charge in [-0.15, -0.1) is 0 Å². The number of nitrogens with one attached hydrogen (secondary N) is 4. The summed E-state index contributed by atoms with van der Waals surface area (Å²) in [6.45, 7) is 0. The first-order valence-corrected chi connectivity index (χ1v) is 15.6. The molecule has 0 aromatic heterocycles. The Hall–Kier alpha value is 0.330. The van der Waals surface area contributed by atoms with E-state index in [4.69, 9.17) is 44.6 Å². The molecule has 0 aliphatic rings. The number of hydrogen-bond acceptors (Lipinski definition) is 11. The highest BCUT2D eigenvalue weighted by Gasteiger charge is 2.15. The third-order valence-corrected chi connectivity index (χ3v) is 11.2. The lowest BCUT2D eigenvalue weighted by molar-refractivity contribution is 1.12. The highest BCUT2D eigenvalue weighted by Crippen LogP contribution is 2.26. The molecule has 12 N–H and O–H groups in total. The van der Waals surface area contributed by atoms with Crippen molar-refractivity contribution in [2.75, 3.05) is 46.0 Å². The van der Waals surface area contributed by atoms with Gasteiger partial charge in [0.15, 0.2) is 20.7 Å². The van der Waals surface area contributed by atoms with Gasteiger partial charge in [-0.3, -0.25) is 21.6 Å². The van der Waals surface area contributed by atoms with Crippen LogP contribution >= 0.6 is 82.3 Å². The van der Waals surface area contributed by atoms with Crippen LogP contribution in [-0.2, 0) is 0 Å². The van der Waals surface area contributed by atoms with Crippen molar-refractivity contribution in [3.8, 4) is 0 Å². The maximum atomic E-state index is 7.43. The maximum absolute atomic E-state index is 7.43. The van der Waals surface area contributed by atoms with Crippen LogP contribution in [0.25, 0.3) is 0 Å². The summed E-state index contributed by atoms with van der Waals surface area (Å²) in [7, 11) is 0. The van der Waals surface area contributed by atoms with E-state index < -0.39 is 0 Å². The van der Waals surface area contributed by atoms with Gasteiger partial charge >= 0.3 is 0 Å². The quantitative estimate of drug-likeness (QED) is 0.0821. The van der Waals surface area contributed by atoms with Crippen LogP contribution < -0.4 is 22.9 Å². The maximum Gasteiger partial charge on any atom is 0.151 e. The fourth-order valence-electron chi connectivity index (χ4n) is 1.72. The third kappa shape index (κ3) is 21.4. The Bertz CT molecular complexity index is 478. The predicted molar refractivity (Wildman–Crippen MR) is 147 cm³/mol. The SMILES string of the molecule is N=C(N)SCCSC(CSCC(CSC(=N)N)SCCSC(=N)N)CSC(=N)N. The molecular weight excluding hydrogens is 505 g/mol. The van der Waals surface area contributed by atoms with E-state index in [0.29, 0.717) is 10.5 Å². The molecule has 0 saturated carbocycles. The van der Waals surface area contributed by atoms with Crippen LogP contribution in [0.3, 0.4) is 0 Å². The summed E-state index contributed by atoms with van der Waals surface area (Å²) in [5, 5.41) is 30.7. The van der Waals surface area contributed by atoms with Gasteiger partial charge in [0.1, 0.15) is 0 Å². The molecule has 0 aromatic rings. The molecule has 0 spiro atoms. The summed E-state index contributed by atoms with van der Waals surface area (Å²) in [6, 6.07) is 0. The monoisotopic (exact) mass is 534 g/mol. The summed E-state index contributed by atoms with van der Waals surface area (Å²) in [5.74, 6) is 6.85. The van der Waals surface area contributed by atoms with E-state index in [0.717, 1.165) is 46.0 Å². The Morgan fingerprint density at radius 2 is 0.862 bits per heavy atom. The minimum absolute atomic E-state index is 0.132. The van der Waals surface area contributed by atoms with Gasteiger partial charge in [0.05, 0.1) is 0 Å². The molecule has 0 amide bonds. The van der Waals surface area contributed by atoms with Crippen LogP contribution in [0, 0.1) is 21.6 Å². The summed E-state index contributed by atoms with van der Waals surface area (Å²) in [5.41, 5.74) is 21.7. The molecule has 0 bridgehead atoms. The number of rotatable bonds is 16. The van der Waals surface area contributed by atoms with E-state index in [2.05, 4.69) is 0 Å². The Labute approximate surface area is 202 Å². The molecule has 0 aliphatic heterocycles. The predicted octanol–water partition coefficient (Wildman–Crippen LogP) is 2.43. The van der Waals surface area contributed by atoms with Gasteiger partial charge in [0.25, 0.3) is 0 Å². The van der Waals surface area contributed by atoms with Crippen molar-refractivity contribution in [1.82, 2.24) is 0 Å². The molecule has 2 unspecified atom stereocenters. The normalized spacial score (nSPS) is 13.0. The Balaban J connectivity index is 4.41. The first-order chi connectivity index (χ1) is 13.7. The Morgan fingerprint density at radius 1 is 0.517 bits per heavy atom. The zero-order valence-corrected chi connectivity index (χ0v) is 21.7. The number of nitrogens with two attached hydrogens (primary N) is 4. The zero-order chi connectivity index (χ0) is 22.1. The van der Waals surface area contributed by atoms with Crippen LogP contribution in [0.15, 0.2) is 0 Å². The number of thioether (sulfide) groups is 7. The second kappa shape index (κ2) is 19.0. The highest BCUT2D eigenvalue weighted by molar-refractivity contribution is 8.16. The molecule has 0 aliphatic carbocycles. The minimum atomic E-state index is 0.132.